The minimum atomic E-state index is -3.14. The number of hydrogen-bond acceptors (Lipinski definition) is 4. The molecule has 1 N–H and O–H groups in total. The molecule has 0 aromatic heterocycles. The highest BCUT2D eigenvalue weighted by molar-refractivity contribution is 7.54. The first-order valence-electron chi connectivity index (χ1n) is 13.1. The van der Waals surface area contributed by atoms with Crippen LogP contribution in [0.1, 0.15) is 75.5 Å². The maximum atomic E-state index is 13.2. The van der Waals surface area contributed by atoms with Crippen molar-refractivity contribution in [3.8, 4) is 11.1 Å². The van der Waals surface area contributed by atoms with Gasteiger partial charge in [0.2, 0.25) is 5.91 Å². The van der Waals surface area contributed by atoms with Gasteiger partial charge in [0.25, 0.3) is 0 Å². The maximum absolute atomic E-state index is 13.2. The number of nitrogens with one attached hydrogen (secondary N) is 1. The molecule has 6 heteroatoms. The highest BCUT2D eigenvalue weighted by atomic mass is 31.2. The first-order chi connectivity index (χ1) is 17.0. The Kier molecular flexibility index (Phi) is 10.8. The summed E-state index contributed by atoms with van der Waals surface area (Å²) in [5, 5.41) is 3.07. The van der Waals surface area contributed by atoms with Crippen molar-refractivity contribution in [2.45, 2.75) is 65.2 Å². The molecule has 190 valence electrons. The van der Waals surface area contributed by atoms with Gasteiger partial charge >= 0.3 is 7.60 Å². The van der Waals surface area contributed by atoms with Crippen molar-refractivity contribution in [2.75, 3.05) is 25.9 Å². The molecule has 5 nitrogen and oxygen atoms in total. The quantitative estimate of drug-likeness (QED) is 0.160. The Morgan fingerprint density at radius 3 is 2.29 bits per heavy atom. The molecule has 35 heavy (non-hydrogen) atoms. The normalized spacial score (nSPS) is 14.8. The van der Waals surface area contributed by atoms with Crippen LogP contribution in [0.15, 0.2) is 54.6 Å². The summed E-state index contributed by atoms with van der Waals surface area (Å²) < 4.78 is 24.6. The zero-order valence-electron chi connectivity index (χ0n) is 21.4. The van der Waals surface area contributed by atoms with E-state index in [1.807, 2.05) is 30.4 Å². The van der Waals surface area contributed by atoms with Crippen LogP contribution in [0, 0.1) is 0 Å². The fourth-order valence-electron chi connectivity index (χ4n) is 4.39. The summed E-state index contributed by atoms with van der Waals surface area (Å²) in [7, 11) is -3.14. The van der Waals surface area contributed by atoms with E-state index < -0.39 is 7.60 Å². The number of unbranched alkanes of at least 4 members (excludes halogenated alkanes) is 2. The predicted molar refractivity (Wildman–Crippen MR) is 144 cm³/mol. The summed E-state index contributed by atoms with van der Waals surface area (Å²) in [5.74, 6) is -0.226. The van der Waals surface area contributed by atoms with Crippen LogP contribution in [0.2, 0.25) is 0 Å². The van der Waals surface area contributed by atoms with Crippen LogP contribution in [-0.4, -0.2) is 31.8 Å². The van der Waals surface area contributed by atoms with Crippen molar-refractivity contribution >= 4 is 13.5 Å². The standard InChI is InChI=1S/C29H40NO4P/c1-4-7-20-33-35(32,34-21-8-5-2)22-12-11-14-23-15-13-18-26-27(23)24-16-9-10-17-25(24)28(26)29(31)30-19-6-3/h9-13,15-18,28H,4-8,14,19-22H2,1-3H3,(H,30,31). The lowest BCUT2D eigenvalue weighted by Gasteiger charge is -2.17. The lowest BCUT2D eigenvalue weighted by atomic mass is 9.94. The Morgan fingerprint density at radius 1 is 0.914 bits per heavy atom. The third-order valence-electron chi connectivity index (χ3n) is 6.25. The average Bonchev–Trinajstić information content (AvgIpc) is 3.21. The lowest BCUT2D eigenvalue weighted by molar-refractivity contribution is -0.121. The van der Waals surface area contributed by atoms with E-state index in [1.165, 1.54) is 0 Å². The molecule has 2 aromatic carbocycles. The number of benzene rings is 2. The number of amides is 1. The Balaban J connectivity index is 1.77. The van der Waals surface area contributed by atoms with E-state index in [0.717, 1.165) is 59.9 Å². The van der Waals surface area contributed by atoms with Gasteiger partial charge in [-0.2, -0.15) is 0 Å². The molecule has 0 radical (unpaired) electrons. The summed E-state index contributed by atoms with van der Waals surface area (Å²) in [6.07, 6.45) is 9.55. The fraction of sp³-hybridized carbons (Fsp3) is 0.483. The number of allylic oxidation sites excluding steroid dienone is 2. The molecule has 0 saturated heterocycles. The molecule has 0 spiro atoms. The highest BCUT2D eigenvalue weighted by Crippen LogP contribution is 2.49. The molecule has 1 amide bonds. The highest BCUT2D eigenvalue weighted by Gasteiger charge is 2.34. The van der Waals surface area contributed by atoms with Gasteiger partial charge in [-0.15, -0.1) is 0 Å². The third-order valence-corrected chi connectivity index (χ3v) is 8.06. The third kappa shape index (κ3) is 7.16. The summed E-state index contributed by atoms with van der Waals surface area (Å²) in [6.45, 7) is 7.82. The molecule has 2 aromatic rings. The van der Waals surface area contributed by atoms with Crippen molar-refractivity contribution in [1.29, 1.82) is 0 Å². The summed E-state index contributed by atoms with van der Waals surface area (Å²) in [5.41, 5.74) is 5.55. The molecular weight excluding hydrogens is 457 g/mol. The van der Waals surface area contributed by atoms with Crippen molar-refractivity contribution in [2.24, 2.45) is 0 Å². The molecule has 1 aliphatic carbocycles. The van der Waals surface area contributed by atoms with E-state index in [1.54, 1.807) is 0 Å². The molecule has 0 heterocycles. The summed E-state index contributed by atoms with van der Waals surface area (Å²) in [4.78, 5) is 13.0. The van der Waals surface area contributed by atoms with Gasteiger partial charge in [-0.1, -0.05) is 88.2 Å². The van der Waals surface area contributed by atoms with Gasteiger partial charge in [0, 0.05) is 6.54 Å². The van der Waals surface area contributed by atoms with Gasteiger partial charge < -0.3 is 14.4 Å². The molecule has 1 atom stereocenters. The zero-order chi connectivity index (χ0) is 25.1. The number of rotatable bonds is 15. The van der Waals surface area contributed by atoms with E-state index in [-0.39, 0.29) is 18.0 Å². The monoisotopic (exact) mass is 497 g/mol. The van der Waals surface area contributed by atoms with E-state index >= 15 is 0 Å². The summed E-state index contributed by atoms with van der Waals surface area (Å²) in [6, 6.07) is 14.4. The van der Waals surface area contributed by atoms with Crippen LogP contribution < -0.4 is 5.32 Å². The predicted octanol–water partition coefficient (Wildman–Crippen LogP) is 7.25. The topological polar surface area (TPSA) is 64.6 Å². The largest absolute Gasteiger partial charge is 0.355 e. The van der Waals surface area contributed by atoms with Crippen molar-refractivity contribution < 1.29 is 18.4 Å². The minimum absolute atomic E-state index is 0.0557. The van der Waals surface area contributed by atoms with Gasteiger partial charge in [0.1, 0.15) is 0 Å². The van der Waals surface area contributed by atoms with Crippen LogP contribution in [0.25, 0.3) is 11.1 Å². The van der Waals surface area contributed by atoms with Crippen LogP contribution in [0.3, 0.4) is 0 Å². The second kappa shape index (κ2) is 13.8. The van der Waals surface area contributed by atoms with Gasteiger partial charge in [0.15, 0.2) is 0 Å². The van der Waals surface area contributed by atoms with Crippen LogP contribution in [0.4, 0.5) is 0 Å². The molecular formula is C29H40NO4P. The molecule has 0 fully saturated rings. The van der Waals surface area contributed by atoms with Crippen LogP contribution in [0.5, 0.6) is 0 Å². The first kappa shape index (κ1) is 27.4. The maximum Gasteiger partial charge on any atom is 0.334 e. The van der Waals surface area contributed by atoms with Crippen LogP contribution in [-0.2, 0) is 24.8 Å². The molecule has 0 saturated carbocycles. The van der Waals surface area contributed by atoms with Crippen molar-refractivity contribution in [1.82, 2.24) is 5.32 Å². The number of carbonyl (C=O) groups excluding carboxylic acids is 1. The number of carbonyl (C=O) groups is 1. The average molecular weight is 498 g/mol. The van der Waals surface area contributed by atoms with Crippen molar-refractivity contribution in [3.05, 3.63) is 71.3 Å². The van der Waals surface area contributed by atoms with Crippen LogP contribution >= 0.6 is 7.60 Å². The fourth-order valence-corrected chi connectivity index (χ4v) is 5.90. The lowest BCUT2D eigenvalue weighted by Crippen LogP contribution is -2.29. The Labute approximate surface area is 210 Å². The first-order valence-corrected chi connectivity index (χ1v) is 14.8. The molecule has 0 aliphatic heterocycles. The molecule has 1 unspecified atom stereocenters. The second-order valence-corrected chi connectivity index (χ2v) is 11.1. The van der Waals surface area contributed by atoms with E-state index in [4.69, 9.17) is 9.05 Å². The minimum Gasteiger partial charge on any atom is -0.355 e. The van der Waals surface area contributed by atoms with E-state index in [9.17, 15) is 9.36 Å². The summed E-state index contributed by atoms with van der Waals surface area (Å²) >= 11 is 0. The van der Waals surface area contributed by atoms with Gasteiger partial charge in [0.05, 0.1) is 25.3 Å². The number of fused-ring (bicyclic) bond motifs is 3. The zero-order valence-corrected chi connectivity index (χ0v) is 22.3. The Hall–Kier alpha value is -2.20. The van der Waals surface area contributed by atoms with E-state index in [2.05, 4.69) is 50.4 Å². The van der Waals surface area contributed by atoms with Gasteiger partial charge in [-0.05, 0) is 53.5 Å². The van der Waals surface area contributed by atoms with Crippen molar-refractivity contribution in [3.63, 3.8) is 0 Å². The Morgan fingerprint density at radius 2 is 1.60 bits per heavy atom. The SMILES string of the molecule is CCCCOP(=O)(CC=CCc1cccc2c1-c1ccccc1C2C(=O)NCCC)OCCCC. The molecule has 3 rings (SSSR count). The Bertz CT molecular complexity index is 1030. The smallest absolute Gasteiger partial charge is 0.334 e. The van der Waals surface area contributed by atoms with E-state index in [0.29, 0.717) is 26.2 Å². The second-order valence-electron chi connectivity index (χ2n) is 9.04. The van der Waals surface area contributed by atoms with Gasteiger partial charge in [-0.25, -0.2) is 0 Å². The number of hydrogen-bond donors (Lipinski definition) is 1. The molecule has 0 bridgehead atoms. The molecule has 1 aliphatic rings. The van der Waals surface area contributed by atoms with Gasteiger partial charge in [-0.3, -0.25) is 9.36 Å².